The van der Waals surface area contributed by atoms with Gasteiger partial charge in [0.25, 0.3) is 0 Å². The molecule has 3 aliphatic rings. The second-order valence-corrected chi connectivity index (χ2v) is 7.70. The van der Waals surface area contributed by atoms with Crippen molar-refractivity contribution >= 4 is 11.6 Å². The summed E-state index contributed by atoms with van der Waals surface area (Å²) >= 11 is 0. The van der Waals surface area contributed by atoms with Crippen molar-refractivity contribution < 1.29 is 14.3 Å². The van der Waals surface area contributed by atoms with Gasteiger partial charge in [0.15, 0.2) is 11.5 Å². The summed E-state index contributed by atoms with van der Waals surface area (Å²) in [4.78, 5) is 17.2. The van der Waals surface area contributed by atoms with Gasteiger partial charge in [0.1, 0.15) is 0 Å². The van der Waals surface area contributed by atoms with Gasteiger partial charge >= 0.3 is 0 Å². The summed E-state index contributed by atoms with van der Waals surface area (Å²) in [6, 6.07) is 5.51. The van der Waals surface area contributed by atoms with Crippen molar-refractivity contribution in [3.63, 3.8) is 0 Å². The van der Waals surface area contributed by atoms with Crippen LogP contribution in [0.5, 0.6) is 11.5 Å². The zero-order valence-electron chi connectivity index (χ0n) is 15.4. The van der Waals surface area contributed by atoms with E-state index in [-0.39, 0.29) is 12.7 Å². The van der Waals surface area contributed by atoms with Crippen molar-refractivity contribution in [3.8, 4) is 11.5 Å². The Hall–Kier alpha value is -1.79. The van der Waals surface area contributed by atoms with Crippen molar-refractivity contribution in [1.82, 2.24) is 9.80 Å². The summed E-state index contributed by atoms with van der Waals surface area (Å²) < 4.78 is 10.7. The summed E-state index contributed by atoms with van der Waals surface area (Å²) in [6.45, 7) is 6.05. The molecule has 0 radical (unpaired) electrons. The van der Waals surface area contributed by atoms with Crippen LogP contribution in [0.4, 0.5) is 5.69 Å². The van der Waals surface area contributed by atoms with Gasteiger partial charge in [-0.1, -0.05) is 19.3 Å². The predicted molar refractivity (Wildman–Crippen MR) is 101 cm³/mol. The highest BCUT2D eigenvalue weighted by Crippen LogP contribution is 2.34. The smallest absolute Gasteiger partial charge is 0.238 e. The van der Waals surface area contributed by atoms with Crippen molar-refractivity contribution in [2.24, 2.45) is 5.92 Å². The van der Waals surface area contributed by atoms with Gasteiger partial charge in [-0.15, -0.1) is 0 Å². The van der Waals surface area contributed by atoms with Crippen LogP contribution < -0.4 is 14.8 Å². The maximum Gasteiger partial charge on any atom is 0.238 e. The second kappa shape index (κ2) is 8.27. The molecule has 6 heteroatoms. The number of benzene rings is 1. The summed E-state index contributed by atoms with van der Waals surface area (Å²) in [5.41, 5.74) is 0.759. The largest absolute Gasteiger partial charge is 0.454 e. The Morgan fingerprint density at radius 2 is 1.73 bits per heavy atom. The fourth-order valence-electron chi connectivity index (χ4n) is 4.24. The molecule has 2 fully saturated rings. The number of carbonyl (C=O) groups excluding carboxylic acids is 1. The van der Waals surface area contributed by atoms with E-state index < -0.39 is 0 Å². The lowest BCUT2D eigenvalue weighted by Crippen LogP contribution is -2.49. The third-order valence-electron chi connectivity index (χ3n) is 5.73. The van der Waals surface area contributed by atoms with Crippen LogP contribution in [-0.2, 0) is 4.79 Å². The van der Waals surface area contributed by atoms with E-state index in [4.69, 9.17) is 9.47 Å². The van der Waals surface area contributed by atoms with Crippen LogP contribution >= 0.6 is 0 Å². The van der Waals surface area contributed by atoms with Crippen LogP contribution in [0.25, 0.3) is 0 Å². The number of hydrogen-bond acceptors (Lipinski definition) is 5. The molecule has 1 aliphatic carbocycles. The average Bonchev–Trinajstić information content (AvgIpc) is 3.12. The van der Waals surface area contributed by atoms with Gasteiger partial charge in [-0.05, 0) is 30.9 Å². The zero-order valence-corrected chi connectivity index (χ0v) is 15.4. The van der Waals surface area contributed by atoms with Gasteiger partial charge < -0.3 is 19.7 Å². The van der Waals surface area contributed by atoms with E-state index >= 15 is 0 Å². The van der Waals surface area contributed by atoms with Crippen molar-refractivity contribution in [2.75, 3.05) is 51.4 Å². The molecule has 26 heavy (non-hydrogen) atoms. The molecule has 2 aliphatic heterocycles. The van der Waals surface area contributed by atoms with E-state index in [1.807, 2.05) is 18.2 Å². The van der Waals surface area contributed by atoms with Crippen LogP contribution in [0.3, 0.4) is 0 Å². The van der Waals surface area contributed by atoms with E-state index in [0.717, 1.165) is 43.5 Å². The highest BCUT2D eigenvalue weighted by atomic mass is 16.7. The normalized spacial score (nSPS) is 21.7. The molecule has 1 saturated carbocycles. The highest BCUT2D eigenvalue weighted by Gasteiger charge is 2.22. The molecule has 1 N–H and O–H groups in total. The van der Waals surface area contributed by atoms with Crippen molar-refractivity contribution in [1.29, 1.82) is 0 Å². The molecule has 1 aromatic carbocycles. The van der Waals surface area contributed by atoms with Gasteiger partial charge in [0.05, 0.1) is 6.54 Å². The second-order valence-electron chi connectivity index (χ2n) is 7.70. The molecule has 1 saturated heterocycles. The zero-order chi connectivity index (χ0) is 17.8. The van der Waals surface area contributed by atoms with Crippen molar-refractivity contribution in [3.05, 3.63) is 18.2 Å². The number of carbonyl (C=O) groups is 1. The van der Waals surface area contributed by atoms with E-state index in [1.54, 1.807) is 0 Å². The van der Waals surface area contributed by atoms with Gasteiger partial charge in [-0.2, -0.15) is 0 Å². The maximum absolute atomic E-state index is 12.3. The van der Waals surface area contributed by atoms with Gasteiger partial charge in [-0.3, -0.25) is 9.69 Å². The molecule has 1 aromatic rings. The Balaban J connectivity index is 1.19. The van der Waals surface area contributed by atoms with E-state index in [9.17, 15) is 4.79 Å². The predicted octanol–water partition coefficient (Wildman–Crippen LogP) is 2.55. The van der Waals surface area contributed by atoms with Gasteiger partial charge in [0, 0.05) is 44.5 Å². The third kappa shape index (κ3) is 4.48. The van der Waals surface area contributed by atoms with E-state index in [2.05, 4.69) is 15.1 Å². The van der Waals surface area contributed by atoms with Gasteiger partial charge in [0.2, 0.25) is 12.7 Å². The Bertz CT molecular complexity index is 623. The molecule has 0 unspecified atom stereocenters. The summed E-state index contributed by atoms with van der Waals surface area (Å²) in [5, 5.41) is 2.97. The van der Waals surface area contributed by atoms with Crippen LogP contribution in [0.15, 0.2) is 18.2 Å². The number of nitrogens with zero attached hydrogens (tertiary/aromatic N) is 2. The molecule has 142 valence electrons. The van der Waals surface area contributed by atoms with E-state index in [0.29, 0.717) is 12.3 Å². The summed E-state index contributed by atoms with van der Waals surface area (Å²) in [6.07, 6.45) is 7.04. The van der Waals surface area contributed by atoms with Crippen molar-refractivity contribution in [2.45, 2.75) is 32.1 Å². The minimum atomic E-state index is 0.0320. The van der Waals surface area contributed by atoms with Crippen LogP contribution in [0.2, 0.25) is 0 Å². The topological polar surface area (TPSA) is 54.0 Å². The minimum absolute atomic E-state index is 0.0320. The summed E-state index contributed by atoms with van der Waals surface area (Å²) in [7, 11) is 0. The first-order valence-corrected chi connectivity index (χ1v) is 9.90. The molecule has 4 rings (SSSR count). The molecule has 0 spiro atoms. The lowest BCUT2D eigenvalue weighted by molar-refractivity contribution is -0.117. The standard InChI is InChI=1S/C20H29N3O3/c24-20(21-17-6-7-18-19(12-17)26-15-25-18)14-23-10-8-22(9-11-23)13-16-4-2-1-3-5-16/h6-7,12,16H,1-5,8-11,13-15H2,(H,21,24). The molecular formula is C20H29N3O3. The Morgan fingerprint density at radius 1 is 1.00 bits per heavy atom. The Kier molecular flexibility index (Phi) is 5.60. The quantitative estimate of drug-likeness (QED) is 0.876. The van der Waals surface area contributed by atoms with Crippen LogP contribution in [0, 0.1) is 5.92 Å². The first-order chi connectivity index (χ1) is 12.8. The molecule has 2 heterocycles. The summed E-state index contributed by atoms with van der Waals surface area (Å²) in [5.74, 6) is 2.35. The Labute approximate surface area is 155 Å². The Morgan fingerprint density at radius 3 is 2.54 bits per heavy atom. The SMILES string of the molecule is O=C(CN1CCN(CC2CCCCC2)CC1)Nc1ccc2c(c1)OCO2. The third-order valence-corrected chi connectivity index (χ3v) is 5.73. The maximum atomic E-state index is 12.3. The first-order valence-electron chi connectivity index (χ1n) is 9.90. The number of anilines is 1. The molecule has 0 bridgehead atoms. The van der Waals surface area contributed by atoms with Crippen LogP contribution in [0.1, 0.15) is 32.1 Å². The average molecular weight is 359 g/mol. The van der Waals surface area contributed by atoms with Crippen LogP contribution in [-0.4, -0.2) is 61.8 Å². The highest BCUT2D eigenvalue weighted by molar-refractivity contribution is 5.92. The fraction of sp³-hybridized carbons (Fsp3) is 0.650. The van der Waals surface area contributed by atoms with Gasteiger partial charge in [-0.25, -0.2) is 0 Å². The molecule has 0 atom stereocenters. The minimum Gasteiger partial charge on any atom is -0.454 e. The molecule has 0 aromatic heterocycles. The number of nitrogens with one attached hydrogen (secondary N) is 1. The lowest BCUT2D eigenvalue weighted by atomic mass is 9.89. The number of amides is 1. The molecule has 1 amide bonds. The number of piperazine rings is 1. The fourth-order valence-corrected chi connectivity index (χ4v) is 4.24. The molecule has 6 nitrogen and oxygen atoms in total. The number of ether oxygens (including phenoxy) is 2. The van der Waals surface area contributed by atoms with E-state index in [1.165, 1.54) is 38.6 Å². The molecular weight excluding hydrogens is 330 g/mol. The number of hydrogen-bond donors (Lipinski definition) is 1. The monoisotopic (exact) mass is 359 g/mol. The first kappa shape index (κ1) is 17.6. The lowest BCUT2D eigenvalue weighted by Gasteiger charge is -2.37. The number of rotatable bonds is 5. The number of fused-ring (bicyclic) bond motifs is 1.